The Morgan fingerprint density at radius 1 is 0.875 bits per heavy atom. The van der Waals surface area contributed by atoms with Crippen molar-refractivity contribution in [2.75, 3.05) is 4.72 Å². The summed E-state index contributed by atoms with van der Waals surface area (Å²) in [4.78, 5) is 13.6. The molecular formula is C23H18N6O2S. The number of rotatable bonds is 5. The molecule has 8 nitrogen and oxygen atoms in total. The number of nitrogens with zero attached hydrogens (tertiary/aromatic N) is 5. The third kappa shape index (κ3) is 3.81. The van der Waals surface area contributed by atoms with Crippen LogP contribution in [0.2, 0.25) is 0 Å². The van der Waals surface area contributed by atoms with E-state index in [1.54, 1.807) is 59.7 Å². The lowest BCUT2D eigenvalue weighted by Crippen LogP contribution is -2.12. The predicted molar refractivity (Wildman–Crippen MR) is 122 cm³/mol. The molecule has 0 fully saturated rings. The van der Waals surface area contributed by atoms with Gasteiger partial charge in [0.25, 0.3) is 10.0 Å². The largest absolute Gasteiger partial charge is 0.278 e. The summed E-state index contributed by atoms with van der Waals surface area (Å²) in [6.45, 7) is 0. The van der Waals surface area contributed by atoms with Crippen LogP contribution in [-0.4, -0.2) is 33.2 Å². The van der Waals surface area contributed by atoms with Gasteiger partial charge in [0, 0.05) is 25.0 Å². The Balaban J connectivity index is 1.49. The molecule has 0 radical (unpaired) electrons. The Morgan fingerprint density at radius 2 is 1.72 bits per heavy atom. The number of aryl methyl sites for hydroxylation is 1. The van der Waals surface area contributed by atoms with Crippen LogP contribution < -0.4 is 4.72 Å². The van der Waals surface area contributed by atoms with Gasteiger partial charge in [-0.1, -0.05) is 24.3 Å². The molecule has 0 aliphatic heterocycles. The number of pyridine rings is 1. The van der Waals surface area contributed by atoms with E-state index in [1.165, 1.54) is 6.20 Å². The summed E-state index contributed by atoms with van der Waals surface area (Å²) in [7, 11) is -1.85. The molecule has 5 rings (SSSR count). The highest BCUT2D eigenvalue weighted by Crippen LogP contribution is 2.26. The molecule has 158 valence electrons. The lowest BCUT2D eigenvalue weighted by Gasteiger charge is -2.10. The molecule has 32 heavy (non-hydrogen) atoms. The van der Waals surface area contributed by atoms with Crippen molar-refractivity contribution in [1.82, 2.24) is 24.7 Å². The molecule has 0 spiro atoms. The summed E-state index contributed by atoms with van der Waals surface area (Å²) in [5.41, 5.74) is 5.04. The number of nitrogens with one attached hydrogen (secondary N) is 1. The van der Waals surface area contributed by atoms with Gasteiger partial charge in [0.1, 0.15) is 5.69 Å². The fourth-order valence-electron chi connectivity index (χ4n) is 3.41. The van der Waals surface area contributed by atoms with Crippen LogP contribution in [0.25, 0.3) is 33.5 Å². The Labute approximate surface area is 184 Å². The van der Waals surface area contributed by atoms with Crippen molar-refractivity contribution in [2.24, 2.45) is 7.05 Å². The van der Waals surface area contributed by atoms with E-state index < -0.39 is 10.0 Å². The molecule has 5 aromatic rings. The Morgan fingerprint density at radius 3 is 2.50 bits per heavy atom. The topological polar surface area (TPSA) is 103 Å². The SMILES string of the molecule is Cn1nccc1-c1cnc2ccc(-c3cncc(NS(=O)(=O)c4ccccc4)c3)cc2n1. The van der Waals surface area contributed by atoms with Crippen LogP contribution in [-0.2, 0) is 17.1 Å². The maximum atomic E-state index is 12.6. The first-order chi connectivity index (χ1) is 15.5. The van der Waals surface area contributed by atoms with E-state index in [2.05, 4.69) is 19.8 Å². The number of benzene rings is 2. The number of hydrogen-bond acceptors (Lipinski definition) is 6. The zero-order valence-electron chi connectivity index (χ0n) is 17.0. The van der Waals surface area contributed by atoms with Gasteiger partial charge in [0.05, 0.1) is 39.7 Å². The zero-order valence-corrected chi connectivity index (χ0v) is 17.9. The summed E-state index contributed by atoms with van der Waals surface area (Å²) < 4.78 is 29.6. The minimum Gasteiger partial charge on any atom is -0.278 e. The lowest BCUT2D eigenvalue weighted by atomic mass is 10.1. The predicted octanol–water partition coefficient (Wildman–Crippen LogP) is 3.89. The summed E-state index contributed by atoms with van der Waals surface area (Å²) >= 11 is 0. The van der Waals surface area contributed by atoms with Gasteiger partial charge in [-0.3, -0.25) is 19.4 Å². The summed E-state index contributed by atoms with van der Waals surface area (Å²) in [6.07, 6.45) is 6.59. The van der Waals surface area contributed by atoms with Crippen LogP contribution in [0.5, 0.6) is 0 Å². The van der Waals surface area contributed by atoms with Gasteiger partial charge in [-0.05, 0) is 42.0 Å². The smallest absolute Gasteiger partial charge is 0.261 e. The molecular weight excluding hydrogens is 424 g/mol. The van der Waals surface area contributed by atoms with Gasteiger partial charge < -0.3 is 0 Å². The molecule has 9 heteroatoms. The van der Waals surface area contributed by atoms with Crippen LogP contribution >= 0.6 is 0 Å². The van der Waals surface area contributed by atoms with Crippen molar-refractivity contribution in [3.8, 4) is 22.5 Å². The fraction of sp³-hybridized carbons (Fsp3) is 0.0435. The van der Waals surface area contributed by atoms with E-state index in [4.69, 9.17) is 4.98 Å². The molecule has 0 atom stereocenters. The van der Waals surface area contributed by atoms with Crippen molar-refractivity contribution in [3.63, 3.8) is 0 Å². The van der Waals surface area contributed by atoms with Gasteiger partial charge in [0.2, 0.25) is 0 Å². The number of aromatic nitrogens is 5. The second-order valence-electron chi connectivity index (χ2n) is 7.18. The van der Waals surface area contributed by atoms with Gasteiger partial charge in [-0.25, -0.2) is 13.4 Å². The van der Waals surface area contributed by atoms with Crippen LogP contribution in [0.3, 0.4) is 0 Å². The van der Waals surface area contributed by atoms with Gasteiger partial charge in [-0.2, -0.15) is 5.10 Å². The highest BCUT2D eigenvalue weighted by atomic mass is 32.2. The normalized spacial score (nSPS) is 11.5. The Kier molecular flexibility index (Phi) is 4.87. The number of hydrogen-bond donors (Lipinski definition) is 1. The quantitative estimate of drug-likeness (QED) is 0.443. The van der Waals surface area contributed by atoms with E-state index in [0.29, 0.717) is 5.69 Å². The third-order valence-electron chi connectivity index (χ3n) is 5.00. The van der Waals surface area contributed by atoms with E-state index in [0.717, 1.165) is 33.5 Å². The van der Waals surface area contributed by atoms with E-state index in [9.17, 15) is 8.42 Å². The summed E-state index contributed by atoms with van der Waals surface area (Å²) in [6, 6.07) is 17.5. The average molecular weight is 443 g/mol. The van der Waals surface area contributed by atoms with Crippen LogP contribution in [0, 0.1) is 0 Å². The average Bonchev–Trinajstić information content (AvgIpc) is 3.24. The van der Waals surface area contributed by atoms with Crippen LogP contribution in [0.4, 0.5) is 5.69 Å². The first-order valence-corrected chi connectivity index (χ1v) is 11.3. The van der Waals surface area contributed by atoms with E-state index in [1.807, 2.05) is 31.3 Å². The van der Waals surface area contributed by atoms with Gasteiger partial charge in [0.15, 0.2) is 0 Å². The zero-order chi connectivity index (χ0) is 22.1. The second-order valence-corrected chi connectivity index (χ2v) is 8.86. The lowest BCUT2D eigenvalue weighted by molar-refractivity contribution is 0.601. The monoisotopic (exact) mass is 442 g/mol. The van der Waals surface area contributed by atoms with Crippen molar-refractivity contribution in [3.05, 3.63) is 85.5 Å². The molecule has 0 unspecified atom stereocenters. The van der Waals surface area contributed by atoms with Gasteiger partial charge in [-0.15, -0.1) is 0 Å². The fourth-order valence-corrected chi connectivity index (χ4v) is 4.46. The number of sulfonamides is 1. The minimum atomic E-state index is -3.70. The molecule has 1 N–H and O–H groups in total. The van der Waals surface area contributed by atoms with E-state index in [-0.39, 0.29) is 4.90 Å². The first kappa shape index (κ1) is 19.8. The number of fused-ring (bicyclic) bond motifs is 1. The molecule has 0 saturated carbocycles. The van der Waals surface area contributed by atoms with Crippen molar-refractivity contribution < 1.29 is 8.42 Å². The summed E-state index contributed by atoms with van der Waals surface area (Å²) in [5.74, 6) is 0. The van der Waals surface area contributed by atoms with Crippen LogP contribution in [0.15, 0.2) is 90.3 Å². The molecule has 0 saturated heterocycles. The first-order valence-electron chi connectivity index (χ1n) is 9.78. The van der Waals surface area contributed by atoms with Crippen LogP contribution in [0.1, 0.15) is 0 Å². The molecule has 3 aromatic heterocycles. The maximum absolute atomic E-state index is 12.6. The summed E-state index contributed by atoms with van der Waals surface area (Å²) in [5, 5.41) is 4.18. The van der Waals surface area contributed by atoms with Gasteiger partial charge >= 0.3 is 0 Å². The maximum Gasteiger partial charge on any atom is 0.261 e. The highest BCUT2D eigenvalue weighted by molar-refractivity contribution is 7.92. The molecule has 0 aliphatic rings. The molecule has 0 aliphatic carbocycles. The Hall–Kier alpha value is -4.11. The van der Waals surface area contributed by atoms with E-state index >= 15 is 0 Å². The highest BCUT2D eigenvalue weighted by Gasteiger charge is 2.14. The molecule has 0 amide bonds. The van der Waals surface area contributed by atoms with Crippen molar-refractivity contribution >= 4 is 26.7 Å². The number of anilines is 1. The Bertz CT molecular complexity index is 1530. The molecule has 3 heterocycles. The van der Waals surface area contributed by atoms with Crippen molar-refractivity contribution in [1.29, 1.82) is 0 Å². The molecule has 0 bridgehead atoms. The second kappa shape index (κ2) is 7.86. The molecule has 2 aromatic carbocycles. The van der Waals surface area contributed by atoms with Crippen molar-refractivity contribution in [2.45, 2.75) is 4.90 Å². The minimum absolute atomic E-state index is 0.189. The third-order valence-corrected chi connectivity index (χ3v) is 6.40. The standard InChI is InChI=1S/C23H18N6O2S/c1-29-23(9-10-26-29)22-15-25-20-8-7-16(12-21(20)27-22)17-11-18(14-24-13-17)28-32(30,31)19-5-3-2-4-6-19/h2-15,28H,1H3.